The first kappa shape index (κ1) is 19.9. The summed E-state index contributed by atoms with van der Waals surface area (Å²) in [6.07, 6.45) is -0.465. The van der Waals surface area contributed by atoms with E-state index in [2.05, 4.69) is 5.32 Å². The van der Waals surface area contributed by atoms with Crippen LogP contribution in [0.25, 0.3) is 0 Å². The van der Waals surface area contributed by atoms with Gasteiger partial charge in [-0.1, -0.05) is 20.8 Å². The zero-order chi connectivity index (χ0) is 17.8. The van der Waals surface area contributed by atoms with Crippen molar-refractivity contribution in [1.82, 2.24) is 5.32 Å². The predicted molar refractivity (Wildman–Crippen MR) is 86.7 cm³/mol. The maximum absolute atomic E-state index is 12.4. The van der Waals surface area contributed by atoms with Gasteiger partial charge >= 0.3 is 11.9 Å². The van der Waals surface area contributed by atoms with Crippen molar-refractivity contribution in [2.24, 2.45) is 10.8 Å². The highest BCUT2D eigenvalue weighted by Crippen LogP contribution is 2.23. The van der Waals surface area contributed by atoms with Gasteiger partial charge in [-0.25, -0.2) is 4.79 Å². The van der Waals surface area contributed by atoms with Gasteiger partial charge in [-0.15, -0.1) is 0 Å². The quantitative estimate of drug-likeness (QED) is 0.754. The molecule has 0 amide bonds. The molecule has 1 heterocycles. The first-order chi connectivity index (χ1) is 10.4. The lowest BCUT2D eigenvalue weighted by Gasteiger charge is -2.31. The van der Waals surface area contributed by atoms with Gasteiger partial charge in [0, 0.05) is 13.0 Å². The van der Waals surface area contributed by atoms with Crippen molar-refractivity contribution in [2.75, 3.05) is 13.2 Å². The molecule has 1 fully saturated rings. The minimum Gasteiger partial charge on any atom is -0.459 e. The molecule has 1 aliphatic rings. The summed E-state index contributed by atoms with van der Waals surface area (Å²) in [6, 6.07) is 0. The molecular weight excluding hydrogens is 298 g/mol. The van der Waals surface area contributed by atoms with Crippen LogP contribution in [0.1, 0.15) is 54.9 Å². The predicted octanol–water partition coefficient (Wildman–Crippen LogP) is 2.26. The first-order valence-corrected chi connectivity index (χ1v) is 8.18. The maximum atomic E-state index is 12.4. The SMILES string of the molecule is CC(OC(=O)C(CNC1CCO1)OC(=O)C(C)(C)C)C(C)(C)C. The van der Waals surface area contributed by atoms with E-state index in [0.717, 1.165) is 6.42 Å². The second-order valence-electron chi connectivity index (χ2n) is 8.15. The number of carbonyl (C=O) groups excluding carboxylic acids is 2. The lowest BCUT2D eigenvalue weighted by molar-refractivity contribution is -0.179. The molecule has 1 N–H and O–H groups in total. The lowest BCUT2D eigenvalue weighted by atomic mass is 9.90. The van der Waals surface area contributed by atoms with E-state index in [4.69, 9.17) is 14.2 Å². The average molecular weight is 329 g/mol. The third-order valence-corrected chi connectivity index (χ3v) is 3.87. The molecule has 23 heavy (non-hydrogen) atoms. The molecule has 1 rings (SSSR count). The van der Waals surface area contributed by atoms with Crippen LogP contribution in [-0.4, -0.2) is 43.5 Å². The number of esters is 2. The van der Waals surface area contributed by atoms with E-state index in [1.54, 1.807) is 20.8 Å². The molecule has 0 saturated carbocycles. The Morgan fingerprint density at radius 3 is 2.13 bits per heavy atom. The van der Waals surface area contributed by atoms with E-state index in [-0.39, 0.29) is 24.3 Å². The number of ether oxygens (including phenoxy) is 3. The van der Waals surface area contributed by atoms with Crippen molar-refractivity contribution in [3.05, 3.63) is 0 Å². The van der Waals surface area contributed by atoms with Gasteiger partial charge in [-0.2, -0.15) is 0 Å². The van der Waals surface area contributed by atoms with Crippen LogP contribution in [0.3, 0.4) is 0 Å². The molecule has 0 radical (unpaired) electrons. The molecule has 6 heteroatoms. The van der Waals surface area contributed by atoms with E-state index in [1.165, 1.54) is 0 Å². The number of rotatable bonds is 6. The van der Waals surface area contributed by atoms with E-state index < -0.39 is 23.5 Å². The van der Waals surface area contributed by atoms with Crippen molar-refractivity contribution in [3.8, 4) is 0 Å². The Kier molecular flexibility index (Phi) is 6.59. The summed E-state index contributed by atoms with van der Waals surface area (Å²) in [7, 11) is 0. The fourth-order valence-electron chi connectivity index (χ4n) is 1.54. The molecule has 3 unspecified atom stereocenters. The maximum Gasteiger partial charge on any atom is 0.349 e. The van der Waals surface area contributed by atoms with Crippen molar-refractivity contribution in [2.45, 2.75) is 73.3 Å². The third kappa shape index (κ3) is 6.47. The van der Waals surface area contributed by atoms with Crippen molar-refractivity contribution in [3.63, 3.8) is 0 Å². The van der Waals surface area contributed by atoms with Gasteiger partial charge in [0.15, 0.2) is 0 Å². The molecule has 0 aromatic heterocycles. The first-order valence-electron chi connectivity index (χ1n) is 8.18. The van der Waals surface area contributed by atoms with Gasteiger partial charge in [0.25, 0.3) is 0 Å². The summed E-state index contributed by atoms with van der Waals surface area (Å²) in [5, 5.41) is 3.07. The number of hydrogen-bond acceptors (Lipinski definition) is 6. The molecule has 0 aliphatic carbocycles. The van der Waals surface area contributed by atoms with Gasteiger partial charge in [-0.3, -0.25) is 10.1 Å². The van der Waals surface area contributed by atoms with Gasteiger partial charge in [-0.05, 0) is 33.1 Å². The Morgan fingerprint density at radius 2 is 1.74 bits per heavy atom. The summed E-state index contributed by atoms with van der Waals surface area (Å²) in [6.45, 7) is 13.9. The standard InChI is InChI=1S/C17H31NO5/c1-11(16(2,3)4)22-14(19)12(10-18-13-8-9-21-13)23-15(20)17(5,6)7/h11-13,18H,8-10H2,1-7H3. The fraction of sp³-hybridized carbons (Fsp3) is 0.882. The summed E-state index contributed by atoms with van der Waals surface area (Å²) in [4.78, 5) is 24.5. The van der Waals surface area contributed by atoms with E-state index in [1.807, 2.05) is 27.7 Å². The second-order valence-corrected chi connectivity index (χ2v) is 8.15. The smallest absolute Gasteiger partial charge is 0.349 e. The van der Waals surface area contributed by atoms with Crippen LogP contribution in [0.4, 0.5) is 0 Å². The van der Waals surface area contributed by atoms with Crippen LogP contribution in [0.2, 0.25) is 0 Å². The fourth-order valence-corrected chi connectivity index (χ4v) is 1.54. The number of nitrogens with one attached hydrogen (secondary N) is 1. The van der Waals surface area contributed by atoms with Crippen LogP contribution in [0.5, 0.6) is 0 Å². The third-order valence-electron chi connectivity index (χ3n) is 3.87. The monoisotopic (exact) mass is 329 g/mol. The zero-order valence-electron chi connectivity index (χ0n) is 15.4. The second kappa shape index (κ2) is 7.62. The van der Waals surface area contributed by atoms with Crippen molar-refractivity contribution in [1.29, 1.82) is 0 Å². The minimum absolute atomic E-state index is 0.0846. The van der Waals surface area contributed by atoms with Crippen LogP contribution < -0.4 is 5.32 Å². The van der Waals surface area contributed by atoms with Gasteiger partial charge in [0.05, 0.1) is 12.0 Å². The van der Waals surface area contributed by atoms with E-state index in [9.17, 15) is 9.59 Å². The molecule has 3 atom stereocenters. The Labute approximate surface area is 139 Å². The minimum atomic E-state index is -0.976. The van der Waals surface area contributed by atoms with E-state index >= 15 is 0 Å². The molecule has 134 valence electrons. The summed E-state index contributed by atoms with van der Waals surface area (Å²) in [5.74, 6) is -0.962. The average Bonchev–Trinajstić information content (AvgIpc) is 2.32. The van der Waals surface area contributed by atoms with Crippen LogP contribution in [0.15, 0.2) is 0 Å². The zero-order valence-corrected chi connectivity index (χ0v) is 15.4. The number of hydrogen-bond donors (Lipinski definition) is 1. The largest absolute Gasteiger partial charge is 0.459 e. The molecule has 0 aromatic carbocycles. The van der Waals surface area contributed by atoms with Gasteiger partial charge < -0.3 is 14.2 Å². The molecule has 0 aromatic rings. The molecule has 1 saturated heterocycles. The highest BCUT2D eigenvalue weighted by atomic mass is 16.6. The summed E-state index contributed by atoms with van der Waals surface area (Å²) >= 11 is 0. The van der Waals surface area contributed by atoms with Crippen LogP contribution >= 0.6 is 0 Å². The molecule has 1 aliphatic heterocycles. The Balaban J connectivity index is 2.68. The summed E-state index contributed by atoms with van der Waals surface area (Å²) < 4.78 is 16.1. The molecule has 0 bridgehead atoms. The Morgan fingerprint density at radius 1 is 1.17 bits per heavy atom. The van der Waals surface area contributed by atoms with Crippen molar-refractivity contribution >= 4 is 11.9 Å². The van der Waals surface area contributed by atoms with Crippen LogP contribution in [0, 0.1) is 10.8 Å². The topological polar surface area (TPSA) is 73.9 Å². The molecular formula is C17H31NO5. The highest BCUT2D eigenvalue weighted by Gasteiger charge is 2.34. The van der Waals surface area contributed by atoms with Gasteiger partial charge in [0.2, 0.25) is 6.10 Å². The Hall–Kier alpha value is -1.14. The van der Waals surface area contributed by atoms with Crippen LogP contribution in [-0.2, 0) is 23.8 Å². The van der Waals surface area contributed by atoms with E-state index in [0.29, 0.717) is 6.61 Å². The molecule has 0 spiro atoms. The number of carbonyl (C=O) groups is 2. The van der Waals surface area contributed by atoms with Crippen molar-refractivity contribution < 1.29 is 23.8 Å². The Bertz CT molecular complexity index is 418. The highest BCUT2D eigenvalue weighted by molar-refractivity contribution is 5.82. The molecule has 6 nitrogen and oxygen atoms in total. The summed E-state index contributed by atoms with van der Waals surface area (Å²) in [5.41, 5.74) is -0.861. The normalized spacial score (nSPS) is 21.1. The lowest BCUT2D eigenvalue weighted by Crippen LogP contribution is -2.48. The van der Waals surface area contributed by atoms with Gasteiger partial charge in [0.1, 0.15) is 12.3 Å².